The number of ketones is 1. The Morgan fingerprint density at radius 1 is 1.28 bits per heavy atom. The first kappa shape index (κ1) is 13.0. The third-order valence-corrected chi connectivity index (χ3v) is 3.61. The van der Waals surface area contributed by atoms with Crippen molar-refractivity contribution >= 4 is 17.1 Å². The first-order chi connectivity index (χ1) is 8.48. The molecule has 0 saturated carbocycles. The summed E-state index contributed by atoms with van der Waals surface area (Å²) in [5.74, 6) is 0.149. The molecule has 0 spiro atoms. The lowest BCUT2D eigenvalue weighted by molar-refractivity contribution is 0.0991. The fourth-order valence-electron chi connectivity index (χ4n) is 1.95. The van der Waals surface area contributed by atoms with E-state index in [1.165, 1.54) is 11.3 Å². The van der Waals surface area contributed by atoms with Gasteiger partial charge in [-0.25, -0.2) is 4.98 Å². The Kier molecular flexibility index (Phi) is 3.62. The van der Waals surface area contributed by atoms with Crippen LogP contribution in [0.3, 0.4) is 0 Å². The van der Waals surface area contributed by atoms with Gasteiger partial charge in [0, 0.05) is 17.1 Å². The summed E-state index contributed by atoms with van der Waals surface area (Å²) in [5, 5.41) is 2.78. The highest BCUT2D eigenvalue weighted by atomic mass is 32.1. The van der Waals surface area contributed by atoms with Crippen LogP contribution in [0.25, 0.3) is 0 Å². The van der Waals surface area contributed by atoms with Crippen LogP contribution in [0.15, 0.2) is 35.8 Å². The minimum atomic E-state index is -0.0187. The van der Waals surface area contributed by atoms with Crippen molar-refractivity contribution in [3.8, 4) is 0 Å². The van der Waals surface area contributed by atoms with Crippen molar-refractivity contribution in [3.63, 3.8) is 0 Å². The van der Waals surface area contributed by atoms with Crippen molar-refractivity contribution in [1.82, 2.24) is 4.98 Å². The van der Waals surface area contributed by atoms with E-state index in [2.05, 4.69) is 25.8 Å². The van der Waals surface area contributed by atoms with Gasteiger partial charge in [0.1, 0.15) is 5.01 Å². The second kappa shape index (κ2) is 5.02. The Balaban J connectivity index is 2.31. The van der Waals surface area contributed by atoms with E-state index >= 15 is 0 Å². The third-order valence-electron chi connectivity index (χ3n) is 2.83. The fourth-order valence-corrected chi connectivity index (χ4v) is 2.57. The van der Waals surface area contributed by atoms with Crippen LogP contribution in [0, 0.1) is 0 Å². The van der Waals surface area contributed by atoms with Crippen LogP contribution in [0.4, 0.5) is 0 Å². The molecular formula is C15H17NOS. The topological polar surface area (TPSA) is 30.0 Å². The lowest BCUT2D eigenvalue weighted by Gasteiger charge is -2.22. The van der Waals surface area contributed by atoms with Gasteiger partial charge in [-0.1, -0.05) is 45.0 Å². The molecule has 1 aromatic carbocycles. The Bertz CT molecular complexity index is 538. The Morgan fingerprint density at radius 2 is 2.00 bits per heavy atom. The Morgan fingerprint density at radius 3 is 2.61 bits per heavy atom. The number of carbonyl (C=O) groups excluding carboxylic acids is 1. The lowest BCUT2D eigenvalue weighted by Crippen LogP contribution is -2.17. The van der Waals surface area contributed by atoms with E-state index in [0.717, 1.165) is 16.1 Å². The van der Waals surface area contributed by atoms with E-state index in [9.17, 15) is 4.79 Å². The predicted octanol–water partition coefficient (Wildman–Crippen LogP) is 3.87. The maximum absolute atomic E-state index is 12.3. The van der Waals surface area contributed by atoms with Gasteiger partial charge >= 0.3 is 0 Å². The number of thiazole rings is 1. The number of aromatic nitrogens is 1. The van der Waals surface area contributed by atoms with Gasteiger partial charge in [0.25, 0.3) is 0 Å². The summed E-state index contributed by atoms with van der Waals surface area (Å²) >= 11 is 1.53. The molecule has 2 nitrogen and oxygen atoms in total. The minimum absolute atomic E-state index is 0.0187. The highest BCUT2D eigenvalue weighted by Crippen LogP contribution is 2.26. The molecule has 1 aromatic heterocycles. The Labute approximate surface area is 112 Å². The first-order valence-corrected chi connectivity index (χ1v) is 6.87. The highest BCUT2D eigenvalue weighted by molar-refractivity contribution is 7.09. The SMILES string of the molecule is CC(C)(C)c1ccccc1C(=O)Cc1nccs1. The molecule has 1 heterocycles. The zero-order valence-corrected chi connectivity index (χ0v) is 11.8. The molecule has 0 amide bonds. The predicted molar refractivity (Wildman–Crippen MR) is 75.3 cm³/mol. The first-order valence-electron chi connectivity index (χ1n) is 5.99. The molecule has 0 fully saturated rings. The van der Waals surface area contributed by atoms with Gasteiger partial charge in [-0.15, -0.1) is 11.3 Å². The van der Waals surface area contributed by atoms with Crippen molar-refractivity contribution in [2.75, 3.05) is 0 Å². The van der Waals surface area contributed by atoms with Crippen LogP contribution in [0.5, 0.6) is 0 Å². The van der Waals surface area contributed by atoms with E-state index in [0.29, 0.717) is 6.42 Å². The summed E-state index contributed by atoms with van der Waals surface area (Å²) in [6, 6.07) is 7.86. The van der Waals surface area contributed by atoms with E-state index < -0.39 is 0 Å². The minimum Gasteiger partial charge on any atom is -0.294 e. The molecule has 2 aromatic rings. The van der Waals surface area contributed by atoms with Crippen LogP contribution < -0.4 is 0 Å². The van der Waals surface area contributed by atoms with Crippen molar-refractivity contribution in [2.24, 2.45) is 0 Å². The number of benzene rings is 1. The largest absolute Gasteiger partial charge is 0.294 e. The summed E-state index contributed by atoms with van der Waals surface area (Å²) in [7, 11) is 0. The normalized spacial score (nSPS) is 11.5. The molecular weight excluding hydrogens is 242 g/mol. The second-order valence-electron chi connectivity index (χ2n) is 5.32. The van der Waals surface area contributed by atoms with Gasteiger partial charge in [0.15, 0.2) is 5.78 Å². The molecule has 0 bridgehead atoms. The zero-order valence-electron chi connectivity index (χ0n) is 10.9. The quantitative estimate of drug-likeness (QED) is 0.783. The summed E-state index contributed by atoms with van der Waals surface area (Å²) in [4.78, 5) is 16.5. The van der Waals surface area contributed by atoms with Gasteiger partial charge < -0.3 is 0 Å². The van der Waals surface area contributed by atoms with Gasteiger partial charge in [-0.2, -0.15) is 0 Å². The van der Waals surface area contributed by atoms with Gasteiger partial charge in [-0.3, -0.25) is 4.79 Å². The van der Waals surface area contributed by atoms with Crippen LogP contribution >= 0.6 is 11.3 Å². The molecule has 0 aliphatic carbocycles. The van der Waals surface area contributed by atoms with Crippen molar-refractivity contribution < 1.29 is 4.79 Å². The summed E-state index contributed by atoms with van der Waals surface area (Å²) in [6.45, 7) is 6.38. The molecule has 0 saturated heterocycles. The molecule has 3 heteroatoms. The summed E-state index contributed by atoms with van der Waals surface area (Å²) < 4.78 is 0. The van der Waals surface area contributed by atoms with E-state index in [4.69, 9.17) is 0 Å². The summed E-state index contributed by atoms with van der Waals surface area (Å²) in [5.41, 5.74) is 1.90. The fraction of sp³-hybridized carbons (Fsp3) is 0.333. The molecule has 0 aliphatic rings. The standard InChI is InChI=1S/C15H17NOS/c1-15(2,3)12-7-5-4-6-11(12)13(17)10-14-16-8-9-18-14/h4-9H,10H2,1-3H3. The second-order valence-corrected chi connectivity index (χ2v) is 6.30. The van der Waals surface area contributed by atoms with Gasteiger partial charge in [-0.05, 0) is 11.0 Å². The average Bonchev–Trinajstić information content (AvgIpc) is 2.80. The van der Waals surface area contributed by atoms with Gasteiger partial charge in [0.2, 0.25) is 0 Å². The molecule has 0 aliphatic heterocycles. The number of carbonyl (C=O) groups is 1. The van der Waals surface area contributed by atoms with Gasteiger partial charge in [0.05, 0.1) is 6.42 Å². The maximum atomic E-state index is 12.3. The zero-order chi connectivity index (χ0) is 13.2. The molecule has 94 valence electrons. The maximum Gasteiger partial charge on any atom is 0.169 e. The van der Waals surface area contributed by atoms with Crippen LogP contribution in [0.1, 0.15) is 41.7 Å². The lowest BCUT2D eigenvalue weighted by atomic mass is 9.82. The molecule has 0 unspecified atom stereocenters. The van der Waals surface area contributed by atoms with Crippen LogP contribution in [0.2, 0.25) is 0 Å². The highest BCUT2D eigenvalue weighted by Gasteiger charge is 2.21. The Hall–Kier alpha value is -1.48. The molecule has 0 N–H and O–H groups in total. The molecule has 0 atom stereocenters. The number of rotatable bonds is 3. The monoisotopic (exact) mass is 259 g/mol. The number of nitrogens with zero attached hydrogens (tertiary/aromatic N) is 1. The summed E-state index contributed by atoms with van der Waals surface area (Å²) in [6.07, 6.45) is 2.13. The number of hydrogen-bond donors (Lipinski definition) is 0. The van der Waals surface area contributed by atoms with Crippen molar-refractivity contribution in [3.05, 3.63) is 52.0 Å². The van der Waals surface area contributed by atoms with E-state index in [1.807, 2.05) is 29.6 Å². The van der Waals surface area contributed by atoms with Crippen molar-refractivity contribution in [1.29, 1.82) is 0 Å². The van der Waals surface area contributed by atoms with Crippen molar-refractivity contribution in [2.45, 2.75) is 32.6 Å². The smallest absolute Gasteiger partial charge is 0.169 e. The van der Waals surface area contributed by atoms with Crippen LogP contribution in [-0.2, 0) is 11.8 Å². The van der Waals surface area contributed by atoms with E-state index in [1.54, 1.807) is 6.20 Å². The number of Topliss-reactive ketones (excluding diaryl/α,β-unsaturated/α-hetero) is 1. The molecule has 0 radical (unpaired) electrons. The van der Waals surface area contributed by atoms with E-state index in [-0.39, 0.29) is 11.2 Å². The molecule has 2 rings (SSSR count). The molecule has 18 heavy (non-hydrogen) atoms. The average molecular weight is 259 g/mol. The third kappa shape index (κ3) is 2.85. The van der Waals surface area contributed by atoms with Crippen LogP contribution in [-0.4, -0.2) is 10.8 Å². The number of hydrogen-bond acceptors (Lipinski definition) is 3.